The van der Waals surface area contributed by atoms with E-state index in [0.29, 0.717) is 12.2 Å². The topological polar surface area (TPSA) is 105 Å². The van der Waals surface area contributed by atoms with E-state index in [2.05, 4.69) is 10.6 Å². The van der Waals surface area contributed by atoms with Crippen LogP contribution in [-0.2, 0) is 10.1 Å². The Bertz CT molecular complexity index is 577. The molecule has 0 atom stereocenters. The van der Waals surface area contributed by atoms with Crippen LogP contribution in [0.5, 0.6) is 5.75 Å². The molecule has 0 saturated heterocycles. The van der Waals surface area contributed by atoms with E-state index in [1.165, 1.54) is 19.2 Å². The van der Waals surface area contributed by atoms with Gasteiger partial charge in [0.05, 0.1) is 17.7 Å². The summed E-state index contributed by atoms with van der Waals surface area (Å²) in [7, 11) is -2.97. The second-order valence-corrected chi connectivity index (χ2v) is 5.49. The van der Waals surface area contributed by atoms with E-state index in [1.54, 1.807) is 0 Å². The third-order valence-electron chi connectivity index (χ3n) is 2.53. The second-order valence-electron chi connectivity index (χ2n) is 4.07. The van der Waals surface area contributed by atoms with Gasteiger partial charge in [-0.3, -0.25) is 4.55 Å². The quantitative estimate of drug-likeness (QED) is 0.413. The zero-order chi connectivity index (χ0) is 15.2. The summed E-state index contributed by atoms with van der Waals surface area (Å²) in [5.41, 5.74) is 0.314. The molecule has 9 heteroatoms. The zero-order valence-electron chi connectivity index (χ0n) is 12.3. The molecule has 1 radical (unpaired) electrons. The van der Waals surface area contributed by atoms with Crippen molar-refractivity contribution in [3.63, 3.8) is 0 Å². The number of amides is 2. The largest absolute Gasteiger partial charge is 0.495 e. The number of benzene rings is 1. The molecule has 113 valence electrons. The fourth-order valence-electron chi connectivity index (χ4n) is 1.48. The number of carbonyl (C=O) groups excluding carboxylic acids is 1. The standard InChI is InChI=1S/C12H18N2O5S.K/c1-3-4-7-13-12(15)14-10-6-5-9(20(16,17)18)8-11(10)19-2;/h5-6,8H,3-4,7H2,1-2H3,(H2,13,14,15)(H,16,17,18);. The van der Waals surface area contributed by atoms with Crippen LogP contribution in [0.2, 0.25) is 0 Å². The van der Waals surface area contributed by atoms with Gasteiger partial charge in [-0.15, -0.1) is 0 Å². The average Bonchev–Trinajstić information content (AvgIpc) is 2.38. The first kappa shape index (κ1) is 20.8. The van der Waals surface area contributed by atoms with Gasteiger partial charge in [-0.2, -0.15) is 8.42 Å². The monoisotopic (exact) mass is 341 g/mol. The summed E-state index contributed by atoms with van der Waals surface area (Å²) < 4.78 is 36.0. The number of methoxy groups -OCH3 is 1. The number of rotatable bonds is 6. The minimum Gasteiger partial charge on any atom is -0.495 e. The van der Waals surface area contributed by atoms with Crippen molar-refractivity contribution in [1.82, 2.24) is 5.32 Å². The Hall–Kier alpha value is -0.164. The van der Waals surface area contributed by atoms with Crippen molar-refractivity contribution in [2.24, 2.45) is 0 Å². The van der Waals surface area contributed by atoms with Crippen molar-refractivity contribution in [3.8, 4) is 5.75 Å². The molecule has 7 nitrogen and oxygen atoms in total. The summed E-state index contributed by atoms with van der Waals surface area (Å²) in [4.78, 5) is 11.3. The summed E-state index contributed by atoms with van der Waals surface area (Å²) in [6.45, 7) is 2.56. The minimum atomic E-state index is -4.31. The third-order valence-corrected chi connectivity index (χ3v) is 3.38. The molecule has 1 rings (SSSR count). The molecular formula is C12H18KN2O5S. The van der Waals surface area contributed by atoms with Crippen molar-refractivity contribution in [2.45, 2.75) is 24.7 Å². The summed E-state index contributed by atoms with van der Waals surface area (Å²) >= 11 is 0. The van der Waals surface area contributed by atoms with Crippen molar-refractivity contribution < 1.29 is 22.5 Å². The second kappa shape index (κ2) is 9.77. The molecule has 0 aliphatic rings. The Balaban J connectivity index is 0.00000400. The molecule has 0 aliphatic heterocycles. The number of ether oxygens (including phenoxy) is 1. The minimum absolute atomic E-state index is 0. The van der Waals surface area contributed by atoms with Crippen molar-refractivity contribution in [1.29, 1.82) is 0 Å². The molecule has 0 aliphatic carbocycles. The molecule has 0 fully saturated rings. The first-order valence-corrected chi connectivity index (χ1v) is 7.53. The molecular weight excluding hydrogens is 323 g/mol. The molecule has 2 amide bonds. The van der Waals surface area contributed by atoms with Crippen LogP contribution in [0.3, 0.4) is 0 Å². The van der Waals surface area contributed by atoms with Crippen molar-refractivity contribution in [2.75, 3.05) is 19.0 Å². The van der Waals surface area contributed by atoms with Crippen LogP contribution in [0, 0.1) is 0 Å². The van der Waals surface area contributed by atoms with Gasteiger partial charge >= 0.3 is 6.03 Å². The van der Waals surface area contributed by atoms with Gasteiger partial charge < -0.3 is 15.4 Å². The normalized spacial score (nSPS) is 10.4. The first-order valence-electron chi connectivity index (χ1n) is 6.09. The first-order chi connectivity index (χ1) is 9.38. The van der Waals surface area contributed by atoms with Crippen LogP contribution in [0.1, 0.15) is 19.8 Å². The van der Waals surface area contributed by atoms with E-state index in [4.69, 9.17) is 9.29 Å². The maximum atomic E-state index is 11.6. The fraction of sp³-hybridized carbons (Fsp3) is 0.417. The van der Waals surface area contributed by atoms with Gasteiger partial charge in [0, 0.05) is 64.0 Å². The van der Waals surface area contributed by atoms with Gasteiger partial charge in [0.15, 0.2) is 0 Å². The van der Waals surface area contributed by atoms with Gasteiger partial charge in [0.25, 0.3) is 10.1 Å². The summed E-state index contributed by atoms with van der Waals surface area (Å²) in [5.74, 6) is 0.144. The zero-order valence-corrected chi connectivity index (χ0v) is 16.3. The summed E-state index contributed by atoms with van der Waals surface area (Å²) in [6.07, 6.45) is 1.83. The van der Waals surface area contributed by atoms with E-state index in [1.807, 2.05) is 6.92 Å². The number of unbranched alkanes of at least 4 members (excludes halogenated alkanes) is 1. The Morgan fingerprint density at radius 2 is 2.05 bits per heavy atom. The number of urea groups is 1. The van der Waals surface area contributed by atoms with Crippen LogP contribution >= 0.6 is 0 Å². The van der Waals surface area contributed by atoms with Gasteiger partial charge in [-0.25, -0.2) is 4.79 Å². The Morgan fingerprint density at radius 3 is 2.57 bits per heavy atom. The van der Waals surface area contributed by atoms with Gasteiger partial charge in [-0.1, -0.05) is 13.3 Å². The van der Waals surface area contributed by atoms with E-state index < -0.39 is 16.1 Å². The van der Waals surface area contributed by atoms with Crippen LogP contribution in [-0.4, -0.2) is 84.0 Å². The van der Waals surface area contributed by atoms with E-state index in [0.717, 1.165) is 18.9 Å². The van der Waals surface area contributed by atoms with E-state index in [9.17, 15) is 13.2 Å². The number of anilines is 1. The fourth-order valence-corrected chi connectivity index (χ4v) is 1.98. The maximum absolute atomic E-state index is 11.6. The average molecular weight is 341 g/mol. The summed E-state index contributed by atoms with van der Waals surface area (Å²) in [6, 6.07) is 3.26. The SMILES string of the molecule is CCCCNC(=O)Nc1ccc(S(=O)(=O)O)cc1OC.[K]. The molecule has 0 spiro atoms. The van der Waals surface area contributed by atoms with Crippen LogP contribution < -0.4 is 15.4 Å². The summed E-state index contributed by atoms with van der Waals surface area (Å²) in [5, 5.41) is 5.20. The predicted molar refractivity (Wildman–Crippen MR) is 80.5 cm³/mol. The number of carbonyl (C=O) groups is 1. The Morgan fingerprint density at radius 1 is 1.38 bits per heavy atom. The third kappa shape index (κ3) is 7.09. The van der Waals surface area contributed by atoms with Crippen LogP contribution in [0.4, 0.5) is 10.5 Å². The van der Waals surface area contributed by atoms with Crippen LogP contribution in [0.25, 0.3) is 0 Å². The number of hydrogen-bond donors (Lipinski definition) is 3. The predicted octanol–water partition coefficient (Wildman–Crippen LogP) is 1.48. The van der Waals surface area contributed by atoms with Gasteiger partial charge in [-0.05, 0) is 18.6 Å². The van der Waals surface area contributed by atoms with Crippen LogP contribution in [0.15, 0.2) is 23.1 Å². The smallest absolute Gasteiger partial charge is 0.319 e. The molecule has 0 saturated carbocycles. The molecule has 0 aromatic heterocycles. The van der Waals surface area contributed by atoms with E-state index in [-0.39, 0.29) is 62.0 Å². The molecule has 21 heavy (non-hydrogen) atoms. The molecule has 1 aromatic rings. The molecule has 0 unspecified atom stereocenters. The molecule has 0 bridgehead atoms. The van der Waals surface area contributed by atoms with Gasteiger partial charge in [0.1, 0.15) is 5.75 Å². The van der Waals surface area contributed by atoms with E-state index >= 15 is 0 Å². The maximum Gasteiger partial charge on any atom is 0.319 e. The number of nitrogens with one attached hydrogen (secondary N) is 2. The Kier molecular flexibility index (Phi) is 9.70. The molecule has 0 heterocycles. The van der Waals surface area contributed by atoms with Gasteiger partial charge in [0.2, 0.25) is 0 Å². The Labute approximate surface area is 167 Å². The number of hydrogen-bond acceptors (Lipinski definition) is 4. The molecule has 3 N–H and O–H groups in total. The van der Waals surface area contributed by atoms with Crippen molar-refractivity contribution in [3.05, 3.63) is 18.2 Å². The molecule has 1 aromatic carbocycles. The van der Waals surface area contributed by atoms with Crippen molar-refractivity contribution >= 4 is 73.2 Å².